The third-order valence-corrected chi connectivity index (χ3v) is 5.23. The van der Waals surface area contributed by atoms with Gasteiger partial charge in [0.25, 0.3) is 0 Å². The van der Waals surface area contributed by atoms with Crippen LogP contribution in [0.1, 0.15) is 11.1 Å². The molecule has 152 valence electrons. The van der Waals surface area contributed by atoms with Crippen LogP contribution in [-0.2, 0) is 17.9 Å². The predicted molar refractivity (Wildman–Crippen MR) is 113 cm³/mol. The van der Waals surface area contributed by atoms with Crippen molar-refractivity contribution in [2.24, 2.45) is 0 Å². The molecule has 5 nitrogen and oxygen atoms in total. The average molecular weight is 425 g/mol. The molecule has 2 aromatic rings. The third-order valence-electron chi connectivity index (χ3n) is 4.64. The van der Waals surface area contributed by atoms with E-state index in [1.54, 1.807) is 7.11 Å². The van der Waals surface area contributed by atoms with Gasteiger partial charge in [-0.25, -0.2) is 0 Å². The number of methoxy groups -OCH3 is 1. The SMILES string of the molecule is COc1cc(CNCCN2CCOCC2)c(Cl)cc1OCc1cccc(Cl)c1. The number of morpholine rings is 1. The molecule has 1 fully saturated rings. The largest absolute Gasteiger partial charge is 0.493 e. The third kappa shape index (κ3) is 6.26. The molecule has 2 aromatic carbocycles. The smallest absolute Gasteiger partial charge is 0.163 e. The maximum atomic E-state index is 6.47. The van der Waals surface area contributed by atoms with E-state index in [1.807, 2.05) is 36.4 Å². The van der Waals surface area contributed by atoms with Crippen molar-refractivity contribution in [2.45, 2.75) is 13.2 Å². The first-order chi connectivity index (χ1) is 13.7. The van der Waals surface area contributed by atoms with Crippen molar-refractivity contribution < 1.29 is 14.2 Å². The van der Waals surface area contributed by atoms with E-state index in [-0.39, 0.29) is 0 Å². The van der Waals surface area contributed by atoms with Crippen LogP contribution < -0.4 is 14.8 Å². The van der Waals surface area contributed by atoms with Crippen LogP contribution in [0.5, 0.6) is 11.5 Å². The van der Waals surface area contributed by atoms with Gasteiger partial charge in [-0.3, -0.25) is 4.90 Å². The Labute approximate surface area is 176 Å². The molecule has 0 atom stereocenters. The number of benzene rings is 2. The summed E-state index contributed by atoms with van der Waals surface area (Å²) >= 11 is 12.5. The molecule has 0 radical (unpaired) electrons. The normalized spacial score (nSPS) is 14.8. The molecular weight excluding hydrogens is 399 g/mol. The summed E-state index contributed by atoms with van der Waals surface area (Å²) in [4.78, 5) is 2.39. The molecule has 1 N–H and O–H groups in total. The van der Waals surface area contributed by atoms with Gasteiger partial charge in [0.2, 0.25) is 0 Å². The van der Waals surface area contributed by atoms with Crippen molar-refractivity contribution in [1.82, 2.24) is 10.2 Å². The number of hydrogen-bond donors (Lipinski definition) is 1. The zero-order valence-corrected chi connectivity index (χ0v) is 17.6. The topological polar surface area (TPSA) is 43.0 Å². The van der Waals surface area contributed by atoms with E-state index < -0.39 is 0 Å². The van der Waals surface area contributed by atoms with Crippen molar-refractivity contribution in [3.05, 3.63) is 57.6 Å². The summed E-state index contributed by atoms with van der Waals surface area (Å²) in [6, 6.07) is 11.3. The fourth-order valence-electron chi connectivity index (χ4n) is 3.06. The Kier molecular flexibility index (Phi) is 8.25. The lowest BCUT2D eigenvalue weighted by Gasteiger charge is -2.26. The van der Waals surface area contributed by atoms with E-state index in [2.05, 4.69) is 10.2 Å². The Bertz CT molecular complexity index is 767. The maximum absolute atomic E-state index is 6.47. The van der Waals surface area contributed by atoms with Gasteiger partial charge in [0.15, 0.2) is 11.5 Å². The molecule has 0 aliphatic carbocycles. The molecule has 3 rings (SSSR count). The zero-order valence-electron chi connectivity index (χ0n) is 16.0. The summed E-state index contributed by atoms with van der Waals surface area (Å²) in [5, 5.41) is 4.79. The maximum Gasteiger partial charge on any atom is 0.163 e. The number of hydrogen-bond acceptors (Lipinski definition) is 5. The van der Waals surface area contributed by atoms with Crippen molar-refractivity contribution in [2.75, 3.05) is 46.5 Å². The fraction of sp³-hybridized carbons (Fsp3) is 0.429. The van der Waals surface area contributed by atoms with Crippen LogP contribution in [0.4, 0.5) is 0 Å². The van der Waals surface area contributed by atoms with E-state index in [1.165, 1.54) is 0 Å². The molecular formula is C21H26Cl2N2O3. The van der Waals surface area contributed by atoms with Gasteiger partial charge >= 0.3 is 0 Å². The number of ether oxygens (including phenoxy) is 3. The summed E-state index contributed by atoms with van der Waals surface area (Å²) in [5.74, 6) is 1.28. The van der Waals surface area contributed by atoms with Gasteiger partial charge in [-0.1, -0.05) is 35.3 Å². The Morgan fingerprint density at radius 3 is 2.68 bits per heavy atom. The summed E-state index contributed by atoms with van der Waals surface area (Å²) in [5.41, 5.74) is 1.97. The minimum Gasteiger partial charge on any atom is -0.493 e. The van der Waals surface area contributed by atoms with Crippen LogP contribution in [0, 0.1) is 0 Å². The number of nitrogens with zero attached hydrogens (tertiary/aromatic N) is 1. The molecule has 0 amide bonds. The highest BCUT2D eigenvalue weighted by Gasteiger charge is 2.12. The van der Waals surface area contributed by atoms with Crippen molar-refractivity contribution >= 4 is 23.2 Å². The van der Waals surface area contributed by atoms with Crippen molar-refractivity contribution in [3.63, 3.8) is 0 Å². The highest BCUT2D eigenvalue weighted by molar-refractivity contribution is 6.31. The minimum atomic E-state index is 0.393. The second-order valence-electron chi connectivity index (χ2n) is 6.64. The van der Waals surface area contributed by atoms with Crippen LogP contribution >= 0.6 is 23.2 Å². The number of rotatable bonds is 9. The summed E-state index contributed by atoms with van der Waals surface area (Å²) < 4.78 is 16.8. The summed E-state index contributed by atoms with van der Waals surface area (Å²) in [6.45, 7) is 6.59. The van der Waals surface area contributed by atoms with Gasteiger partial charge in [0, 0.05) is 48.8 Å². The van der Waals surface area contributed by atoms with Crippen molar-refractivity contribution in [3.8, 4) is 11.5 Å². The van der Waals surface area contributed by atoms with E-state index in [9.17, 15) is 0 Å². The number of halogens is 2. The highest BCUT2D eigenvalue weighted by atomic mass is 35.5. The Balaban J connectivity index is 1.54. The van der Waals surface area contributed by atoms with Crippen molar-refractivity contribution in [1.29, 1.82) is 0 Å². The Hall–Kier alpha value is -1.50. The van der Waals surface area contributed by atoms with Crippen LogP contribution in [0.25, 0.3) is 0 Å². The Morgan fingerprint density at radius 1 is 1.11 bits per heavy atom. The van der Waals surface area contributed by atoms with Gasteiger partial charge in [0.1, 0.15) is 6.61 Å². The summed E-state index contributed by atoms with van der Waals surface area (Å²) in [6.07, 6.45) is 0. The molecule has 0 spiro atoms. The average Bonchev–Trinajstić information content (AvgIpc) is 2.71. The second-order valence-corrected chi connectivity index (χ2v) is 7.49. The highest BCUT2D eigenvalue weighted by Crippen LogP contribution is 2.34. The van der Waals surface area contributed by atoms with Gasteiger partial charge in [-0.2, -0.15) is 0 Å². The van der Waals surface area contributed by atoms with Gasteiger partial charge in [-0.05, 0) is 29.3 Å². The molecule has 0 unspecified atom stereocenters. The first-order valence-corrected chi connectivity index (χ1v) is 10.2. The van der Waals surface area contributed by atoms with E-state index >= 15 is 0 Å². The molecule has 1 saturated heterocycles. The minimum absolute atomic E-state index is 0.393. The van der Waals surface area contributed by atoms with Gasteiger partial charge in [-0.15, -0.1) is 0 Å². The molecule has 28 heavy (non-hydrogen) atoms. The van der Waals surface area contributed by atoms with E-state index in [4.69, 9.17) is 37.4 Å². The van der Waals surface area contributed by atoms with Crippen LogP contribution in [0.15, 0.2) is 36.4 Å². The molecule has 0 saturated carbocycles. The monoisotopic (exact) mass is 424 g/mol. The lowest BCUT2D eigenvalue weighted by Crippen LogP contribution is -2.40. The molecule has 1 aliphatic heterocycles. The molecule has 1 heterocycles. The molecule has 0 bridgehead atoms. The van der Waals surface area contributed by atoms with Gasteiger partial charge in [0.05, 0.1) is 20.3 Å². The van der Waals surface area contributed by atoms with Crippen LogP contribution in [-0.4, -0.2) is 51.4 Å². The van der Waals surface area contributed by atoms with Crippen LogP contribution in [0.3, 0.4) is 0 Å². The van der Waals surface area contributed by atoms with E-state index in [0.717, 1.165) is 50.5 Å². The predicted octanol–water partition coefficient (Wildman–Crippen LogP) is 4.00. The van der Waals surface area contributed by atoms with Crippen LogP contribution in [0.2, 0.25) is 10.0 Å². The van der Waals surface area contributed by atoms with E-state index in [0.29, 0.717) is 34.7 Å². The second kappa shape index (κ2) is 10.9. The number of nitrogens with one attached hydrogen (secondary N) is 1. The Morgan fingerprint density at radius 2 is 1.93 bits per heavy atom. The molecule has 0 aromatic heterocycles. The summed E-state index contributed by atoms with van der Waals surface area (Å²) in [7, 11) is 1.63. The van der Waals surface area contributed by atoms with Gasteiger partial charge < -0.3 is 19.5 Å². The first-order valence-electron chi connectivity index (χ1n) is 9.40. The standard InChI is InChI=1S/C21H26Cl2N2O3/c1-26-20-12-17(14-24-5-6-25-7-9-27-10-8-25)19(23)13-21(20)28-15-16-3-2-4-18(22)11-16/h2-4,11-13,24H,5-10,14-15H2,1H3. The lowest BCUT2D eigenvalue weighted by atomic mass is 10.2. The fourth-order valence-corrected chi connectivity index (χ4v) is 3.49. The quantitative estimate of drug-likeness (QED) is 0.616. The lowest BCUT2D eigenvalue weighted by molar-refractivity contribution is 0.0384. The molecule has 1 aliphatic rings. The first kappa shape index (κ1) is 21.2. The zero-order chi connectivity index (χ0) is 19.8. The molecule has 7 heteroatoms.